The summed E-state index contributed by atoms with van der Waals surface area (Å²) in [5.74, 6) is 0. The second-order valence-electron chi connectivity index (χ2n) is 0. The van der Waals surface area contributed by atoms with Crippen molar-refractivity contribution in [3.05, 3.63) is 37.1 Å². The molecule has 0 spiro atoms. The smallest absolute Gasteiger partial charge is 0 e. The molecule has 0 saturated carbocycles. The molecule has 0 rings (SSSR count). The van der Waals surface area contributed by atoms with Gasteiger partial charge >= 0.3 is 0 Å². The topological polar surface area (TPSA) is 0 Å². The van der Waals surface area contributed by atoms with Crippen molar-refractivity contribution in [2.75, 3.05) is 0 Å². The minimum Gasteiger partial charge on any atom is -0.358 e. The van der Waals surface area contributed by atoms with Gasteiger partial charge < -0.3 is 37.1 Å². The predicted molar refractivity (Wildman–Crippen MR) is 32.1 cm³/mol. The molecule has 51 valence electrons. The zero-order chi connectivity index (χ0) is 0. The van der Waals surface area contributed by atoms with Crippen LogP contribution in [-0.2, 0) is 17.1 Å². The van der Waals surface area contributed by atoms with Crippen molar-refractivity contribution in [3.8, 4) is 0 Å². The first-order valence-corrected chi connectivity index (χ1v) is 0. The standard InChI is InChI=1S/5CH3.Cu/h5*1H3;/q5*-1;. The summed E-state index contributed by atoms with van der Waals surface area (Å²) in [5.41, 5.74) is 0. The summed E-state index contributed by atoms with van der Waals surface area (Å²) in [5, 5.41) is 0. The molecule has 0 aromatic rings. The molecule has 6 heavy (non-hydrogen) atoms. The van der Waals surface area contributed by atoms with Crippen LogP contribution in [0, 0.1) is 37.1 Å². The molecule has 0 atom stereocenters. The number of hydrogen-bond acceptors (Lipinski definition) is 0. The summed E-state index contributed by atoms with van der Waals surface area (Å²) in [7, 11) is 0. The second-order valence-corrected chi connectivity index (χ2v) is 0. The van der Waals surface area contributed by atoms with E-state index in [9.17, 15) is 0 Å². The fourth-order valence-electron chi connectivity index (χ4n) is 0. The van der Waals surface area contributed by atoms with E-state index in [4.69, 9.17) is 0 Å². The molecule has 0 aromatic heterocycles. The Hall–Kier alpha value is 0.519. The van der Waals surface area contributed by atoms with E-state index in [1.165, 1.54) is 0 Å². The fourth-order valence-corrected chi connectivity index (χ4v) is 0. The fraction of sp³-hybridized carbons (Fsp3) is 0. The maximum atomic E-state index is 0. The molecular formula is C5H15Cu-5. The molecule has 1 heteroatoms. The Morgan fingerprint density at radius 1 is 0.333 bits per heavy atom. The maximum absolute atomic E-state index is 0. The van der Waals surface area contributed by atoms with Crippen molar-refractivity contribution in [2.45, 2.75) is 0 Å². The molecule has 0 nitrogen and oxygen atoms in total. The summed E-state index contributed by atoms with van der Waals surface area (Å²) < 4.78 is 0. The van der Waals surface area contributed by atoms with Gasteiger partial charge in [0.05, 0.1) is 0 Å². The molecule has 0 aromatic carbocycles. The molecule has 0 N–H and O–H groups in total. The van der Waals surface area contributed by atoms with Crippen molar-refractivity contribution >= 4 is 0 Å². The minimum absolute atomic E-state index is 0. The van der Waals surface area contributed by atoms with E-state index in [0.29, 0.717) is 0 Å². The molecular weight excluding hydrogens is 124 g/mol. The number of hydrogen-bond donors (Lipinski definition) is 0. The molecule has 0 aliphatic heterocycles. The zero-order valence-electron chi connectivity index (χ0n) is 5.30. The van der Waals surface area contributed by atoms with Crippen molar-refractivity contribution in [3.63, 3.8) is 0 Å². The van der Waals surface area contributed by atoms with Gasteiger partial charge in [-0.25, -0.2) is 0 Å². The monoisotopic (exact) mass is 138 g/mol. The molecule has 0 fully saturated rings. The van der Waals surface area contributed by atoms with Crippen LogP contribution < -0.4 is 0 Å². The van der Waals surface area contributed by atoms with Crippen molar-refractivity contribution in [1.29, 1.82) is 0 Å². The van der Waals surface area contributed by atoms with Gasteiger partial charge in [-0.1, -0.05) is 0 Å². The van der Waals surface area contributed by atoms with Crippen molar-refractivity contribution in [1.82, 2.24) is 0 Å². The molecule has 0 aliphatic rings. The van der Waals surface area contributed by atoms with Gasteiger partial charge in [-0.2, -0.15) is 0 Å². The van der Waals surface area contributed by atoms with E-state index in [2.05, 4.69) is 0 Å². The molecule has 0 unspecified atom stereocenters. The largest absolute Gasteiger partial charge is 0.358 e. The first-order chi connectivity index (χ1) is 0. The summed E-state index contributed by atoms with van der Waals surface area (Å²) in [6, 6.07) is 0. The Kier molecular flexibility index (Phi) is 51200. The third-order valence-corrected chi connectivity index (χ3v) is 0. The van der Waals surface area contributed by atoms with E-state index in [0.717, 1.165) is 0 Å². The predicted octanol–water partition coefficient (Wildman–Crippen LogP) is 2.25. The van der Waals surface area contributed by atoms with Crippen LogP contribution in [0.4, 0.5) is 0 Å². The van der Waals surface area contributed by atoms with Crippen LogP contribution in [0.1, 0.15) is 0 Å². The Balaban J connectivity index is 0. The van der Waals surface area contributed by atoms with E-state index in [1.54, 1.807) is 0 Å². The van der Waals surface area contributed by atoms with Crippen LogP contribution in [0.2, 0.25) is 0 Å². The van der Waals surface area contributed by atoms with Crippen LogP contribution in [0.5, 0.6) is 0 Å². The van der Waals surface area contributed by atoms with Crippen LogP contribution >= 0.6 is 0 Å². The van der Waals surface area contributed by atoms with Crippen molar-refractivity contribution in [2.24, 2.45) is 0 Å². The zero-order valence-corrected chi connectivity index (χ0v) is 6.24. The maximum Gasteiger partial charge on any atom is 0 e. The summed E-state index contributed by atoms with van der Waals surface area (Å²) in [6.07, 6.45) is 0. The summed E-state index contributed by atoms with van der Waals surface area (Å²) in [6.45, 7) is 0. The van der Waals surface area contributed by atoms with Gasteiger partial charge in [-0.05, 0) is 0 Å². The average Bonchev–Trinajstić information content (AvgIpc) is 0. The Morgan fingerprint density at radius 2 is 0.333 bits per heavy atom. The van der Waals surface area contributed by atoms with E-state index < -0.39 is 0 Å². The summed E-state index contributed by atoms with van der Waals surface area (Å²) >= 11 is 0. The molecule has 0 aliphatic carbocycles. The number of rotatable bonds is 0. The van der Waals surface area contributed by atoms with Crippen LogP contribution in [0.25, 0.3) is 0 Å². The van der Waals surface area contributed by atoms with Gasteiger partial charge in [-0.3, -0.25) is 0 Å². The Labute approximate surface area is 54.8 Å². The molecule has 0 bridgehead atoms. The van der Waals surface area contributed by atoms with Gasteiger partial charge in [0, 0.05) is 17.1 Å². The van der Waals surface area contributed by atoms with Gasteiger partial charge in [0.15, 0.2) is 0 Å². The molecule has 0 heterocycles. The third-order valence-electron chi connectivity index (χ3n) is 0. The van der Waals surface area contributed by atoms with Crippen LogP contribution in [-0.4, -0.2) is 0 Å². The molecule has 0 amide bonds. The SMILES string of the molecule is [CH3-].[CH3-].[CH3-].[CH3-].[CH3-].[Cu]. The van der Waals surface area contributed by atoms with Gasteiger partial charge in [-0.15, -0.1) is 0 Å². The van der Waals surface area contributed by atoms with Gasteiger partial charge in [0.1, 0.15) is 0 Å². The van der Waals surface area contributed by atoms with Crippen molar-refractivity contribution < 1.29 is 17.1 Å². The molecule has 0 saturated heterocycles. The average molecular weight is 139 g/mol. The van der Waals surface area contributed by atoms with Crippen LogP contribution in [0.3, 0.4) is 0 Å². The van der Waals surface area contributed by atoms with Gasteiger partial charge in [0.2, 0.25) is 0 Å². The molecule has 1 radical (unpaired) electrons. The third kappa shape index (κ3) is 207. The summed E-state index contributed by atoms with van der Waals surface area (Å²) in [4.78, 5) is 0. The van der Waals surface area contributed by atoms with Crippen LogP contribution in [0.15, 0.2) is 0 Å². The first kappa shape index (κ1) is 736. The van der Waals surface area contributed by atoms with E-state index in [1.807, 2.05) is 0 Å². The van der Waals surface area contributed by atoms with Gasteiger partial charge in [0.25, 0.3) is 0 Å². The minimum atomic E-state index is 0. The van der Waals surface area contributed by atoms with E-state index >= 15 is 0 Å². The first-order valence-electron chi connectivity index (χ1n) is 0. The quantitative estimate of drug-likeness (QED) is 0.356. The second kappa shape index (κ2) is 418. The van der Waals surface area contributed by atoms with E-state index in [-0.39, 0.29) is 54.2 Å². The Morgan fingerprint density at radius 3 is 0.333 bits per heavy atom. The normalized spacial score (nSPS) is 0. The Bertz CT molecular complexity index is 3.90.